The number of rotatable bonds is 3. The van der Waals surface area contributed by atoms with Gasteiger partial charge in [-0.05, 0) is 54.3 Å². The van der Waals surface area contributed by atoms with Crippen LogP contribution in [0.4, 0.5) is 4.39 Å². The maximum atomic E-state index is 13.3. The molecule has 19 heavy (non-hydrogen) atoms. The van der Waals surface area contributed by atoms with Crippen LogP contribution in [0.2, 0.25) is 0 Å². The van der Waals surface area contributed by atoms with Crippen LogP contribution in [0.3, 0.4) is 0 Å². The molecule has 0 fully saturated rings. The first kappa shape index (κ1) is 14.2. The van der Waals surface area contributed by atoms with Gasteiger partial charge in [0, 0.05) is 10.9 Å². The number of benzene rings is 2. The van der Waals surface area contributed by atoms with Gasteiger partial charge < -0.3 is 5.11 Å². The molecule has 0 saturated carbocycles. The third-order valence-electron chi connectivity index (χ3n) is 3.31. The Balaban J connectivity index is 2.28. The van der Waals surface area contributed by atoms with E-state index in [0.29, 0.717) is 16.5 Å². The summed E-state index contributed by atoms with van der Waals surface area (Å²) in [5.41, 5.74) is 4.01. The second-order valence-electron chi connectivity index (χ2n) is 4.79. The van der Waals surface area contributed by atoms with E-state index in [9.17, 15) is 9.50 Å². The molecular formula is C16H16BrFO. The number of aliphatic hydroxyl groups is 1. The molecule has 100 valence electrons. The van der Waals surface area contributed by atoms with Gasteiger partial charge in [-0.1, -0.05) is 34.1 Å². The van der Waals surface area contributed by atoms with Crippen LogP contribution in [0.1, 0.15) is 28.4 Å². The molecule has 1 atom stereocenters. The summed E-state index contributed by atoms with van der Waals surface area (Å²) < 4.78 is 14.0. The van der Waals surface area contributed by atoms with E-state index < -0.39 is 6.10 Å². The molecule has 2 aromatic carbocycles. The van der Waals surface area contributed by atoms with Crippen molar-refractivity contribution in [1.29, 1.82) is 0 Å². The Morgan fingerprint density at radius 1 is 1.16 bits per heavy atom. The summed E-state index contributed by atoms with van der Waals surface area (Å²) in [6.07, 6.45) is -0.208. The fourth-order valence-electron chi connectivity index (χ4n) is 2.25. The lowest BCUT2D eigenvalue weighted by molar-refractivity contribution is 0.177. The van der Waals surface area contributed by atoms with Crippen molar-refractivity contribution < 1.29 is 9.50 Å². The summed E-state index contributed by atoms with van der Waals surface area (Å²) in [5.74, 6) is -0.343. The van der Waals surface area contributed by atoms with E-state index in [1.807, 2.05) is 32.0 Å². The van der Waals surface area contributed by atoms with E-state index in [1.54, 1.807) is 6.07 Å². The topological polar surface area (TPSA) is 20.2 Å². The van der Waals surface area contributed by atoms with E-state index in [0.717, 1.165) is 16.7 Å². The predicted molar refractivity (Wildman–Crippen MR) is 78.7 cm³/mol. The normalized spacial score (nSPS) is 12.5. The van der Waals surface area contributed by atoms with Crippen molar-refractivity contribution in [2.75, 3.05) is 0 Å². The molecule has 0 aliphatic heterocycles. The molecule has 0 bridgehead atoms. The largest absolute Gasteiger partial charge is 0.388 e. The molecule has 0 aliphatic rings. The molecular weight excluding hydrogens is 307 g/mol. The van der Waals surface area contributed by atoms with Crippen molar-refractivity contribution >= 4 is 15.9 Å². The summed E-state index contributed by atoms with van der Waals surface area (Å²) in [6.45, 7) is 4.05. The van der Waals surface area contributed by atoms with Crippen LogP contribution in [0, 0.1) is 19.7 Å². The molecule has 0 saturated heterocycles. The second kappa shape index (κ2) is 5.85. The zero-order chi connectivity index (χ0) is 14.0. The number of hydrogen-bond acceptors (Lipinski definition) is 1. The van der Waals surface area contributed by atoms with Gasteiger partial charge in [-0.3, -0.25) is 0 Å². The van der Waals surface area contributed by atoms with Crippen LogP contribution < -0.4 is 0 Å². The Hall–Kier alpha value is -1.19. The first-order valence-electron chi connectivity index (χ1n) is 6.16. The van der Waals surface area contributed by atoms with Gasteiger partial charge in [0.15, 0.2) is 0 Å². The van der Waals surface area contributed by atoms with Crippen LogP contribution in [0.15, 0.2) is 40.9 Å². The standard InChI is InChI=1S/C16H16BrFO/c1-10-4-3-5-11(2)15(10)9-16(19)12-6-13(17)8-14(18)7-12/h3-8,16,19H,9H2,1-2H3. The first-order chi connectivity index (χ1) is 8.97. The fourth-order valence-corrected chi connectivity index (χ4v) is 2.73. The molecule has 1 N–H and O–H groups in total. The fraction of sp³-hybridized carbons (Fsp3) is 0.250. The lowest BCUT2D eigenvalue weighted by Gasteiger charge is -2.15. The summed E-state index contributed by atoms with van der Waals surface area (Å²) in [6, 6.07) is 10.6. The Labute approximate surface area is 121 Å². The highest BCUT2D eigenvalue weighted by atomic mass is 79.9. The minimum Gasteiger partial charge on any atom is -0.388 e. The van der Waals surface area contributed by atoms with Gasteiger partial charge in [0.25, 0.3) is 0 Å². The van der Waals surface area contributed by atoms with Crippen LogP contribution >= 0.6 is 15.9 Å². The highest BCUT2D eigenvalue weighted by Crippen LogP contribution is 2.25. The van der Waals surface area contributed by atoms with Crippen molar-refractivity contribution in [2.24, 2.45) is 0 Å². The second-order valence-corrected chi connectivity index (χ2v) is 5.71. The smallest absolute Gasteiger partial charge is 0.124 e. The van der Waals surface area contributed by atoms with Crippen molar-refractivity contribution in [2.45, 2.75) is 26.4 Å². The van der Waals surface area contributed by atoms with E-state index in [4.69, 9.17) is 0 Å². The molecule has 0 heterocycles. The van der Waals surface area contributed by atoms with E-state index in [-0.39, 0.29) is 5.82 Å². The minimum atomic E-state index is -0.702. The lowest BCUT2D eigenvalue weighted by atomic mass is 9.94. The van der Waals surface area contributed by atoms with Gasteiger partial charge >= 0.3 is 0 Å². The predicted octanol–water partition coefficient (Wildman–Crippen LogP) is 4.48. The van der Waals surface area contributed by atoms with Crippen molar-refractivity contribution in [3.63, 3.8) is 0 Å². The number of aryl methyl sites for hydroxylation is 2. The maximum Gasteiger partial charge on any atom is 0.124 e. The highest BCUT2D eigenvalue weighted by molar-refractivity contribution is 9.10. The molecule has 0 spiro atoms. The van der Waals surface area contributed by atoms with Crippen molar-refractivity contribution in [1.82, 2.24) is 0 Å². The first-order valence-corrected chi connectivity index (χ1v) is 6.96. The molecule has 0 aliphatic carbocycles. The molecule has 0 radical (unpaired) electrons. The molecule has 1 unspecified atom stereocenters. The maximum absolute atomic E-state index is 13.3. The highest BCUT2D eigenvalue weighted by Gasteiger charge is 2.13. The Bertz CT molecular complexity index is 555. The Kier molecular flexibility index (Phi) is 4.38. The molecule has 0 aromatic heterocycles. The Morgan fingerprint density at radius 3 is 2.37 bits per heavy atom. The lowest BCUT2D eigenvalue weighted by Crippen LogP contribution is -2.05. The van der Waals surface area contributed by atoms with Crippen molar-refractivity contribution in [3.8, 4) is 0 Å². The molecule has 1 nitrogen and oxygen atoms in total. The van der Waals surface area contributed by atoms with Gasteiger partial charge in [0.05, 0.1) is 6.10 Å². The van der Waals surface area contributed by atoms with Gasteiger partial charge in [0.2, 0.25) is 0 Å². The average molecular weight is 323 g/mol. The van der Waals surface area contributed by atoms with Gasteiger partial charge in [0.1, 0.15) is 5.82 Å². The van der Waals surface area contributed by atoms with Crippen LogP contribution in [-0.4, -0.2) is 5.11 Å². The molecule has 2 rings (SSSR count). The third kappa shape index (κ3) is 3.43. The average Bonchev–Trinajstić information content (AvgIpc) is 2.32. The molecule has 0 amide bonds. The molecule has 3 heteroatoms. The van der Waals surface area contributed by atoms with E-state index >= 15 is 0 Å². The zero-order valence-electron chi connectivity index (χ0n) is 11.0. The summed E-state index contributed by atoms with van der Waals surface area (Å²) in [7, 11) is 0. The van der Waals surface area contributed by atoms with Gasteiger partial charge in [-0.2, -0.15) is 0 Å². The monoisotopic (exact) mass is 322 g/mol. The van der Waals surface area contributed by atoms with Gasteiger partial charge in [-0.25, -0.2) is 4.39 Å². The van der Waals surface area contributed by atoms with Gasteiger partial charge in [-0.15, -0.1) is 0 Å². The summed E-state index contributed by atoms with van der Waals surface area (Å²) in [4.78, 5) is 0. The van der Waals surface area contributed by atoms with E-state index in [2.05, 4.69) is 15.9 Å². The number of aliphatic hydroxyl groups excluding tert-OH is 1. The van der Waals surface area contributed by atoms with Crippen molar-refractivity contribution in [3.05, 3.63) is 68.9 Å². The van der Waals surface area contributed by atoms with Crippen LogP contribution in [0.25, 0.3) is 0 Å². The number of hydrogen-bond donors (Lipinski definition) is 1. The number of halogens is 2. The van der Waals surface area contributed by atoms with Crippen LogP contribution in [-0.2, 0) is 6.42 Å². The minimum absolute atomic E-state index is 0.343. The van der Waals surface area contributed by atoms with E-state index in [1.165, 1.54) is 12.1 Å². The van der Waals surface area contributed by atoms with Crippen LogP contribution in [0.5, 0.6) is 0 Å². The zero-order valence-corrected chi connectivity index (χ0v) is 12.5. The Morgan fingerprint density at radius 2 is 1.79 bits per heavy atom. The third-order valence-corrected chi connectivity index (χ3v) is 3.77. The quantitative estimate of drug-likeness (QED) is 0.883. The summed E-state index contributed by atoms with van der Waals surface area (Å²) >= 11 is 3.24. The molecule has 2 aromatic rings. The SMILES string of the molecule is Cc1cccc(C)c1CC(O)c1cc(F)cc(Br)c1. The summed E-state index contributed by atoms with van der Waals surface area (Å²) in [5, 5.41) is 10.3.